The van der Waals surface area contributed by atoms with Crippen molar-refractivity contribution in [2.75, 3.05) is 6.54 Å². The summed E-state index contributed by atoms with van der Waals surface area (Å²) in [5, 5.41) is 6.73. The van der Waals surface area contributed by atoms with Gasteiger partial charge in [0.15, 0.2) is 0 Å². The zero-order chi connectivity index (χ0) is 21.8. The van der Waals surface area contributed by atoms with Crippen molar-refractivity contribution in [2.45, 2.75) is 45.3 Å². The zero-order valence-corrected chi connectivity index (χ0v) is 17.6. The molecule has 3 amide bonds. The minimum atomic E-state index is -0.579. The molecule has 1 atom stereocenters. The van der Waals surface area contributed by atoms with Crippen molar-refractivity contribution < 1.29 is 14.0 Å². The van der Waals surface area contributed by atoms with Gasteiger partial charge in [0.2, 0.25) is 5.91 Å². The summed E-state index contributed by atoms with van der Waals surface area (Å²) in [4.78, 5) is 30.9. The number of benzene rings is 2. The normalized spacial score (nSPS) is 14.2. The largest absolute Gasteiger partial charge is 0.358 e. The average molecular weight is 423 g/mol. The number of aromatic nitrogens is 1. The number of H-pyrrole nitrogens is 1. The maximum absolute atomic E-state index is 13.2. The van der Waals surface area contributed by atoms with Crippen LogP contribution in [0.25, 0.3) is 10.9 Å². The fourth-order valence-electron chi connectivity index (χ4n) is 4.11. The summed E-state index contributed by atoms with van der Waals surface area (Å²) in [6, 6.07) is 13.1. The van der Waals surface area contributed by atoms with Crippen LogP contribution in [0.15, 0.2) is 48.5 Å². The lowest BCUT2D eigenvalue weighted by Gasteiger charge is -2.31. The van der Waals surface area contributed by atoms with Crippen LogP contribution in [0.5, 0.6) is 0 Å². The second kappa shape index (κ2) is 9.20. The van der Waals surface area contributed by atoms with Crippen molar-refractivity contribution in [3.05, 3.63) is 71.2 Å². The van der Waals surface area contributed by atoms with Gasteiger partial charge < -0.3 is 20.5 Å². The van der Waals surface area contributed by atoms with Crippen LogP contribution in [-0.2, 0) is 24.3 Å². The van der Waals surface area contributed by atoms with Gasteiger partial charge >= 0.3 is 6.03 Å². The molecule has 1 aliphatic rings. The van der Waals surface area contributed by atoms with E-state index in [-0.39, 0.29) is 18.3 Å². The van der Waals surface area contributed by atoms with Crippen LogP contribution in [0, 0.1) is 5.82 Å². The Morgan fingerprint density at radius 1 is 1.16 bits per heavy atom. The molecule has 3 aromatic rings. The molecule has 0 saturated heterocycles. The van der Waals surface area contributed by atoms with Crippen molar-refractivity contribution in [1.29, 1.82) is 0 Å². The number of carbonyl (C=O) groups excluding carboxylic acids is 2. The van der Waals surface area contributed by atoms with E-state index in [1.165, 1.54) is 17.8 Å². The molecule has 0 radical (unpaired) electrons. The molecule has 4 rings (SSSR count). The van der Waals surface area contributed by atoms with Crippen LogP contribution < -0.4 is 10.6 Å². The van der Waals surface area contributed by atoms with Crippen molar-refractivity contribution in [3.8, 4) is 0 Å². The van der Waals surface area contributed by atoms with Gasteiger partial charge in [-0.15, -0.1) is 0 Å². The van der Waals surface area contributed by atoms with Crippen LogP contribution >= 0.6 is 0 Å². The molecule has 1 aliphatic heterocycles. The second-order valence-corrected chi connectivity index (χ2v) is 7.93. The van der Waals surface area contributed by atoms with Gasteiger partial charge in [-0.2, -0.15) is 0 Å². The lowest BCUT2D eigenvalue weighted by Crippen LogP contribution is -2.52. The molecule has 2 heterocycles. The Morgan fingerprint density at radius 2 is 1.94 bits per heavy atom. The maximum Gasteiger partial charge on any atom is 0.315 e. The Bertz CT molecular complexity index is 1080. The summed E-state index contributed by atoms with van der Waals surface area (Å²) < 4.78 is 13.0. The highest BCUT2D eigenvalue weighted by Gasteiger charge is 2.29. The number of nitrogens with one attached hydrogen (secondary N) is 3. The number of amides is 3. The molecule has 162 valence electrons. The number of halogens is 1. The molecule has 31 heavy (non-hydrogen) atoms. The summed E-state index contributed by atoms with van der Waals surface area (Å²) in [5.41, 5.74) is 4.22. The van der Waals surface area contributed by atoms with Gasteiger partial charge in [0.1, 0.15) is 11.9 Å². The van der Waals surface area contributed by atoms with Crippen LogP contribution in [0.1, 0.15) is 36.6 Å². The SMILES string of the molecule is CCCC(NC(=O)NCc1ccc(F)cc1)C(=O)N1CCc2[nH]c3ccccc3c2C1. The summed E-state index contributed by atoms with van der Waals surface area (Å²) in [7, 11) is 0. The molecule has 0 aliphatic carbocycles. The third-order valence-corrected chi connectivity index (χ3v) is 5.74. The number of fused-ring (bicyclic) bond motifs is 3. The lowest BCUT2D eigenvalue weighted by molar-refractivity contribution is -0.134. The minimum absolute atomic E-state index is 0.0605. The predicted molar refractivity (Wildman–Crippen MR) is 118 cm³/mol. The Hall–Kier alpha value is -3.35. The minimum Gasteiger partial charge on any atom is -0.358 e. The average Bonchev–Trinajstić information content (AvgIpc) is 3.16. The van der Waals surface area contributed by atoms with Gasteiger partial charge in [-0.05, 0) is 30.2 Å². The van der Waals surface area contributed by atoms with E-state index in [0.717, 1.165) is 34.9 Å². The van der Waals surface area contributed by atoms with Gasteiger partial charge in [0, 0.05) is 48.2 Å². The lowest BCUT2D eigenvalue weighted by atomic mass is 10.0. The number of hydrogen-bond acceptors (Lipinski definition) is 2. The van der Waals surface area contributed by atoms with Gasteiger partial charge in [0.05, 0.1) is 0 Å². The molecule has 0 spiro atoms. The highest BCUT2D eigenvalue weighted by Crippen LogP contribution is 2.28. The van der Waals surface area contributed by atoms with Crippen molar-refractivity contribution in [3.63, 3.8) is 0 Å². The second-order valence-electron chi connectivity index (χ2n) is 7.93. The monoisotopic (exact) mass is 422 g/mol. The summed E-state index contributed by atoms with van der Waals surface area (Å²) in [5.74, 6) is -0.378. The number of rotatable bonds is 6. The van der Waals surface area contributed by atoms with Crippen molar-refractivity contribution in [1.82, 2.24) is 20.5 Å². The topological polar surface area (TPSA) is 77.2 Å². The van der Waals surface area contributed by atoms with Crippen LogP contribution in [0.3, 0.4) is 0 Å². The van der Waals surface area contributed by atoms with Gasteiger partial charge in [-0.1, -0.05) is 43.7 Å². The van der Waals surface area contributed by atoms with Crippen LogP contribution in [0.4, 0.5) is 9.18 Å². The molecule has 3 N–H and O–H groups in total. The van der Waals surface area contributed by atoms with E-state index in [9.17, 15) is 14.0 Å². The number of hydrogen-bond donors (Lipinski definition) is 3. The van der Waals surface area contributed by atoms with E-state index in [4.69, 9.17) is 0 Å². The molecule has 0 saturated carbocycles. The fourth-order valence-corrected chi connectivity index (χ4v) is 4.11. The smallest absolute Gasteiger partial charge is 0.315 e. The molecule has 1 unspecified atom stereocenters. The van der Waals surface area contributed by atoms with Gasteiger partial charge in [-0.25, -0.2) is 9.18 Å². The zero-order valence-electron chi connectivity index (χ0n) is 17.6. The standard InChI is InChI=1S/C24H27FN4O2/c1-2-5-22(28-24(31)26-14-16-8-10-17(25)11-9-16)23(30)29-13-12-21-19(15-29)18-6-3-4-7-20(18)27-21/h3-4,6-11,22,27H,2,5,12-15H2,1H3,(H2,26,28,31). The molecular formula is C24H27FN4O2. The number of aromatic amines is 1. The molecule has 1 aromatic heterocycles. The predicted octanol–water partition coefficient (Wildman–Crippen LogP) is 3.86. The van der Waals surface area contributed by atoms with Gasteiger partial charge in [-0.3, -0.25) is 4.79 Å². The van der Waals surface area contributed by atoms with Crippen molar-refractivity contribution in [2.24, 2.45) is 0 Å². The van der Waals surface area contributed by atoms with Crippen LogP contribution in [-0.4, -0.2) is 34.4 Å². The van der Waals surface area contributed by atoms with Crippen LogP contribution in [0.2, 0.25) is 0 Å². The molecular weight excluding hydrogens is 395 g/mol. The Balaban J connectivity index is 1.40. The molecule has 0 fully saturated rings. The first-order chi connectivity index (χ1) is 15.0. The summed E-state index contributed by atoms with van der Waals surface area (Å²) >= 11 is 0. The number of carbonyl (C=O) groups is 2. The molecule has 0 bridgehead atoms. The number of para-hydroxylation sites is 1. The Kier molecular flexibility index (Phi) is 6.21. The quantitative estimate of drug-likeness (QED) is 0.564. The third kappa shape index (κ3) is 4.71. The van der Waals surface area contributed by atoms with E-state index >= 15 is 0 Å². The highest BCUT2D eigenvalue weighted by atomic mass is 19.1. The number of nitrogens with zero attached hydrogens (tertiary/aromatic N) is 1. The fraction of sp³-hybridized carbons (Fsp3) is 0.333. The van der Waals surface area contributed by atoms with E-state index in [0.29, 0.717) is 19.5 Å². The van der Waals surface area contributed by atoms with E-state index < -0.39 is 12.1 Å². The first-order valence-electron chi connectivity index (χ1n) is 10.7. The Labute approximate surface area is 180 Å². The first-order valence-corrected chi connectivity index (χ1v) is 10.7. The molecule has 7 heteroatoms. The molecule has 6 nitrogen and oxygen atoms in total. The van der Waals surface area contributed by atoms with E-state index in [1.807, 2.05) is 30.0 Å². The Morgan fingerprint density at radius 3 is 2.71 bits per heavy atom. The summed E-state index contributed by atoms with van der Waals surface area (Å²) in [6.45, 7) is 3.42. The van der Waals surface area contributed by atoms with Crippen molar-refractivity contribution >= 4 is 22.8 Å². The number of urea groups is 1. The maximum atomic E-state index is 13.2. The highest BCUT2D eigenvalue weighted by molar-refractivity contribution is 5.89. The first kappa shape index (κ1) is 20.9. The van der Waals surface area contributed by atoms with E-state index in [1.54, 1.807) is 12.1 Å². The summed E-state index contributed by atoms with van der Waals surface area (Å²) in [6.07, 6.45) is 2.12. The van der Waals surface area contributed by atoms with E-state index in [2.05, 4.69) is 21.7 Å². The third-order valence-electron chi connectivity index (χ3n) is 5.74. The van der Waals surface area contributed by atoms with Gasteiger partial charge in [0.25, 0.3) is 0 Å². The molecule has 2 aromatic carbocycles.